The number of thioether (sulfide) groups is 1. The van der Waals surface area contributed by atoms with Crippen molar-refractivity contribution in [2.45, 2.75) is 24.1 Å². The van der Waals surface area contributed by atoms with Crippen LogP contribution in [-0.4, -0.2) is 29.6 Å². The topological polar surface area (TPSA) is 38.3 Å². The number of para-hydroxylation sites is 1. The van der Waals surface area contributed by atoms with Crippen LogP contribution in [0.25, 0.3) is 0 Å². The summed E-state index contributed by atoms with van der Waals surface area (Å²) in [7, 11) is 1.45. The van der Waals surface area contributed by atoms with Gasteiger partial charge in [0.1, 0.15) is 5.54 Å². The first-order chi connectivity index (χ1) is 8.60. The fourth-order valence-corrected chi connectivity index (χ4v) is 3.95. The zero-order chi connectivity index (χ0) is 13.2. The summed E-state index contributed by atoms with van der Waals surface area (Å²) < 4.78 is 5.95. The van der Waals surface area contributed by atoms with Crippen molar-refractivity contribution in [3.63, 3.8) is 0 Å². The van der Waals surface area contributed by atoms with Crippen molar-refractivity contribution in [2.75, 3.05) is 18.2 Å². The van der Waals surface area contributed by atoms with Gasteiger partial charge in [0.05, 0.1) is 7.11 Å². The third-order valence-corrected chi connectivity index (χ3v) is 5.37. The lowest BCUT2D eigenvalue weighted by Gasteiger charge is -2.32. The van der Waals surface area contributed by atoms with Crippen LogP contribution in [0.15, 0.2) is 28.7 Å². The molecule has 1 aromatic carbocycles. The smallest absolute Gasteiger partial charge is 0.332 e. The zero-order valence-electron chi connectivity index (χ0n) is 10.4. The molecule has 2 rings (SSSR count). The summed E-state index contributed by atoms with van der Waals surface area (Å²) in [5, 5.41) is 3.57. The Morgan fingerprint density at radius 3 is 2.83 bits per heavy atom. The van der Waals surface area contributed by atoms with E-state index in [1.807, 2.05) is 24.3 Å². The average molecular weight is 330 g/mol. The van der Waals surface area contributed by atoms with Crippen LogP contribution >= 0.6 is 27.7 Å². The molecule has 0 bridgehead atoms. The third kappa shape index (κ3) is 2.38. The molecule has 1 N–H and O–H groups in total. The number of hydrogen-bond acceptors (Lipinski definition) is 4. The van der Waals surface area contributed by atoms with Gasteiger partial charge in [0.25, 0.3) is 0 Å². The molecule has 0 spiro atoms. The summed E-state index contributed by atoms with van der Waals surface area (Å²) in [4.78, 5) is 12.1. The lowest BCUT2D eigenvalue weighted by atomic mass is 9.92. The highest BCUT2D eigenvalue weighted by Crippen LogP contribution is 2.40. The lowest BCUT2D eigenvalue weighted by molar-refractivity contribution is -0.145. The molecule has 0 radical (unpaired) electrons. The quantitative estimate of drug-likeness (QED) is 0.863. The van der Waals surface area contributed by atoms with Crippen molar-refractivity contribution < 1.29 is 9.53 Å². The van der Waals surface area contributed by atoms with Gasteiger partial charge in [-0.05, 0) is 40.2 Å². The first kappa shape index (κ1) is 13.7. The van der Waals surface area contributed by atoms with Crippen LogP contribution in [0.4, 0.5) is 5.69 Å². The summed E-state index contributed by atoms with van der Waals surface area (Å²) in [5.41, 5.74) is 0.306. The average Bonchev–Trinajstić information content (AvgIpc) is 2.74. The van der Waals surface area contributed by atoms with Crippen LogP contribution in [0.1, 0.15) is 13.3 Å². The third-order valence-electron chi connectivity index (χ3n) is 3.34. The molecule has 1 aliphatic rings. The molecule has 0 saturated carbocycles. The Balaban J connectivity index is 2.32. The fraction of sp³-hybridized carbons (Fsp3) is 0.462. The van der Waals surface area contributed by atoms with Gasteiger partial charge in [0.15, 0.2) is 0 Å². The molecule has 5 heteroatoms. The Kier molecular flexibility index (Phi) is 4.22. The summed E-state index contributed by atoms with van der Waals surface area (Å²) >= 11 is 5.29. The number of methoxy groups -OCH3 is 1. The molecule has 0 amide bonds. The van der Waals surface area contributed by atoms with Crippen molar-refractivity contribution in [2.24, 2.45) is 0 Å². The number of nitrogens with one attached hydrogen (secondary N) is 1. The van der Waals surface area contributed by atoms with Gasteiger partial charge in [0.2, 0.25) is 0 Å². The van der Waals surface area contributed by atoms with Gasteiger partial charge >= 0.3 is 5.97 Å². The van der Waals surface area contributed by atoms with E-state index in [0.29, 0.717) is 0 Å². The predicted octanol–water partition coefficient (Wildman–Crippen LogP) is 3.30. The van der Waals surface area contributed by atoms with Crippen molar-refractivity contribution in [3.8, 4) is 0 Å². The molecular formula is C13H16BrNO2S. The van der Waals surface area contributed by atoms with Crippen LogP contribution in [0.2, 0.25) is 0 Å². The molecule has 1 saturated heterocycles. The number of carbonyl (C=O) groups is 1. The second-order valence-electron chi connectivity index (χ2n) is 4.33. The molecule has 98 valence electrons. The standard InChI is InChI=1S/C13H16BrNO2S/c1-9-13(7-8-18-9,12(16)17-2)15-11-6-4-3-5-10(11)14/h3-6,9,15H,7-8H2,1-2H3. The van der Waals surface area contributed by atoms with Crippen LogP contribution in [0.3, 0.4) is 0 Å². The number of esters is 1. The van der Waals surface area contributed by atoms with E-state index < -0.39 is 5.54 Å². The predicted molar refractivity (Wildman–Crippen MR) is 79.0 cm³/mol. The first-order valence-corrected chi connectivity index (χ1v) is 7.67. The van der Waals surface area contributed by atoms with Gasteiger partial charge in [-0.3, -0.25) is 0 Å². The molecule has 1 aromatic rings. The maximum absolute atomic E-state index is 12.1. The number of benzene rings is 1. The van der Waals surface area contributed by atoms with E-state index in [1.54, 1.807) is 11.8 Å². The maximum Gasteiger partial charge on any atom is 0.332 e. The van der Waals surface area contributed by atoms with E-state index in [0.717, 1.165) is 22.3 Å². The molecular weight excluding hydrogens is 314 g/mol. The van der Waals surface area contributed by atoms with Crippen molar-refractivity contribution in [3.05, 3.63) is 28.7 Å². The number of rotatable bonds is 3. The van der Waals surface area contributed by atoms with E-state index >= 15 is 0 Å². The van der Waals surface area contributed by atoms with Gasteiger partial charge in [-0.1, -0.05) is 19.1 Å². The van der Waals surface area contributed by atoms with Crippen molar-refractivity contribution in [1.82, 2.24) is 0 Å². The molecule has 2 atom stereocenters. The Bertz CT molecular complexity index is 454. The number of carbonyl (C=O) groups excluding carboxylic acids is 1. The highest BCUT2D eigenvalue weighted by molar-refractivity contribution is 9.10. The second-order valence-corrected chi connectivity index (χ2v) is 6.63. The van der Waals surface area contributed by atoms with Gasteiger partial charge < -0.3 is 10.1 Å². The van der Waals surface area contributed by atoms with Gasteiger partial charge in [-0.15, -0.1) is 0 Å². The van der Waals surface area contributed by atoms with Crippen LogP contribution in [-0.2, 0) is 9.53 Å². The second kappa shape index (κ2) is 5.53. The maximum atomic E-state index is 12.1. The molecule has 0 aromatic heterocycles. The minimum atomic E-state index is -0.622. The van der Waals surface area contributed by atoms with E-state index in [2.05, 4.69) is 28.2 Å². The summed E-state index contributed by atoms with van der Waals surface area (Å²) in [6.07, 6.45) is 0.785. The van der Waals surface area contributed by atoms with Crippen molar-refractivity contribution >= 4 is 39.3 Å². The molecule has 1 fully saturated rings. The highest BCUT2D eigenvalue weighted by Gasteiger charge is 2.48. The van der Waals surface area contributed by atoms with Crippen molar-refractivity contribution in [1.29, 1.82) is 0 Å². The Morgan fingerprint density at radius 2 is 2.28 bits per heavy atom. The molecule has 1 heterocycles. The first-order valence-electron chi connectivity index (χ1n) is 5.83. The summed E-state index contributed by atoms with van der Waals surface area (Å²) in [6, 6.07) is 7.82. The number of anilines is 1. The van der Waals surface area contributed by atoms with E-state index in [9.17, 15) is 4.79 Å². The Morgan fingerprint density at radius 1 is 1.56 bits per heavy atom. The number of ether oxygens (including phenoxy) is 1. The number of hydrogen-bond donors (Lipinski definition) is 1. The van der Waals surface area contributed by atoms with Crippen LogP contribution in [0.5, 0.6) is 0 Å². The summed E-state index contributed by atoms with van der Waals surface area (Å²) in [5.74, 6) is 0.782. The minimum Gasteiger partial charge on any atom is -0.467 e. The van der Waals surface area contributed by atoms with E-state index in [4.69, 9.17) is 4.74 Å². The Labute approximate surface area is 120 Å². The lowest BCUT2D eigenvalue weighted by Crippen LogP contribution is -2.51. The SMILES string of the molecule is COC(=O)C1(Nc2ccccc2Br)CCSC1C. The van der Waals surface area contributed by atoms with Gasteiger partial charge in [0, 0.05) is 15.4 Å². The van der Waals surface area contributed by atoms with Crippen LogP contribution < -0.4 is 5.32 Å². The summed E-state index contributed by atoms with van der Waals surface area (Å²) in [6.45, 7) is 2.07. The van der Waals surface area contributed by atoms with Gasteiger partial charge in [-0.2, -0.15) is 11.8 Å². The van der Waals surface area contributed by atoms with Crippen LogP contribution in [0, 0.1) is 0 Å². The number of halogens is 1. The Hall–Kier alpha value is -0.680. The molecule has 3 nitrogen and oxygen atoms in total. The monoisotopic (exact) mass is 329 g/mol. The highest BCUT2D eigenvalue weighted by atomic mass is 79.9. The zero-order valence-corrected chi connectivity index (χ0v) is 12.8. The van der Waals surface area contributed by atoms with E-state index in [1.165, 1.54) is 7.11 Å². The van der Waals surface area contributed by atoms with E-state index in [-0.39, 0.29) is 11.2 Å². The molecule has 2 unspecified atom stereocenters. The fourth-order valence-electron chi connectivity index (χ4n) is 2.21. The minimum absolute atomic E-state index is 0.184. The van der Waals surface area contributed by atoms with Gasteiger partial charge in [-0.25, -0.2) is 4.79 Å². The normalized spacial score (nSPS) is 26.9. The molecule has 18 heavy (non-hydrogen) atoms. The molecule has 0 aliphatic carbocycles. The largest absolute Gasteiger partial charge is 0.467 e. The molecule has 1 aliphatic heterocycles.